The molecule has 1 heterocycles. The fourth-order valence-electron chi connectivity index (χ4n) is 2.59. The molecule has 2 rings (SSSR count). The molecule has 0 radical (unpaired) electrons. The molecule has 124 valence electrons. The first-order valence-corrected chi connectivity index (χ1v) is 7.20. The number of ether oxygens (including phenoxy) is 1. The van der Waals surface area contributed by atoms with Crippen LogP contribution in [0.2, 0.25) is 0 Å². The zero-order valence-electron chi connectivity index (χ0n) is 12.7. The van der Waals surface area contributed by atoms with E-state index in [9.17, 15) is 24.8 Å². The van der Waals surface area contributed by atoms with E-state index in [4.69, 9.17) is 4.74 Å². The van der Waals surface area contributed by atoms with Gasteiger partial charge in [-0.2, -0.15) is 0 Å². The van der Waals surface area contributed by atoms with E-state index in [2.05, 4.69) is 5.32 Å². The molecule has 0 atom stereocenters. The lowest BCUT2D eigenvalue weighted by Crippen LogP contribution is -2.46. The van der Waals surface area contributed by atoms with Crippen LogP contribution in [0.1, 0.15) is 28.8 Å². The van der Waals surface area contributed by atoms with Crippen molar-refractivity contribution < 1.29 is 24.4 Å². The molecule has 8 heteroatoms. The van der Waals surface area contributed by atoms with Crippen LogP contribution in [0.3, 0.4) is 0 Å². The third kappa shape index (κ3) is 3.65. The van der Waals surface area contributed by atoms with Crippen LogP contribution in [-0.2, 0) is 9.53 Å². The van der Waals surface area contributed by atoms with Crippen molar-refractivity contribution in [3.63, 3.8) is 0 Å². The number of aliphatic carboxylic acids is 1. The molecule has 1 aromatic rings. The summed E-state index contributed by atoms with van der Waals surface area (Å²) >= 11 is 0. The number of benzene rings is 1. The molecular formula is C15H18N2O6. The Morgan fingerprint density at radius 3 is 2.57 bits per heavy atom. The Kier molecular flexibility index (Phi) is 4.95. The molecule has 0 aliphatic carbocycles. The van der Waals surface area contributed by atoms with Gasteiger partial charge in [0.15, 0.2) is 0 Å². The van der Waals surface area contributed by atoms with Crippen molar-refractivity contribution in [3.05, 3.63) is 39.4 Å². The van der Waals surface area contributed by atoms with Crippen LogP contribution in [0.4, 0.5) is 5.69 Å². The molecule has 1 amide bonds. The van der Waals surface area contributed by atoms with Crippen molar-refractivity contribution in [3.8, 4) is 0 Å². The topological polar surface area (TPSA) is 119 Å². The minimum absolute atomic E-state index is 0.000947. The van der Waals surface area contributed by atoms with Crippen LogP contribution in [0.25, 0.3) is 0 Å². The van der Waals surface area contributed by atoms with Crippen LogP contribution in [0.15, 0.2) is 18.2 Å². The third-order valence-corrected chi connectivity index (χ3v) is 4.16. The molecule has 0 saturated carbocycles. The molecule has 1 fully saturated rings. The number of hydrogen-bond donors (Lipinski definition) is 2. The van der Waals surface area contributed by atoms with E-state index in [1.807, 2.05) is 0 Å². The number of amides is 1. The largest absolute Gasteiger partial charge is 0.481 e. The maximum Gasteiger partial charge on any atom is 0.311 e. The monoisotopic (exact) mass is 322 g/mol. The van der Waals surface area contributed by atoms with Crippen molar-refractivity contribution >= 4 is 17.6 Å². The zero-order valence-corrected chi connectivity index (χ0v) is 12.7. The molecule has 1 aromatic carbocycles. The van der Waals surface area contributed by atoms with Gasteiger partial charge in [0, 0.05) is 37.5 Å². The molecular weight excluding hydrogens is 304 g/mol. The van der Waals surface area contributed by atoms with E-state index in [1.54, 1.807) is 6.92 Å². The average molecular weight is 322 g/mol. The van der Waals surface area contributed by atoms with Crippen LogP contribution in [0.5, 0.6) is 0 Å². The van der Waals surface area contributed by atoms with Gasteiger partial charge in [-0.1, -0.05) is 0 Å². The van der Waals surface area contributed by atoms with E-state index < -0.39 is 22.2 Å². The second-order valence-electron chi connectivity index (χ2n) is 5.64. The summed E-state index contributed by atoms with van der Waals surface area (Å²) in [4.78, 5) is 34.0. The molecule has 0 aromatic heterocycles. The molecule has 1 aliphatic rings. The lowest BCUT2D eigenvalue weighted by Gasteiger charge is -2.33. The van der Waals surface area contributed by atoms with Gasteiger partial charge in [-0.05, 0) is 31.4 Å². The van der Waals surface area contributed by atoms with Crippen LogP contribution in [0, 0.1) is 22.5 Å². The van der Waals surface area contributed by atoms with E-state index in [0.717, 1.165) is 0 Å². The van der Waals surface area contributed by atoms with Gasteiger partial charge in [0.2, 0.25) is 0 Å². The van der Waals surface area contributed by atoms with Gasteiger partial charge >= 0.3 is 5.97 Å². The van der Waals surface area contributed by atoms with Gasteiger partial charge in [-0.3, -0.25) is 19.7 Å². The number of rotatable bonds is 5. The number of aryl methyl sites for hydroxylation is 1. The molecule has 8 nitrogen and oxygen atoms in total. The summed E-state index contributed by atoms with van der Waals surface area (Å²) < 4.78 is 5.18. The SMILES string of the molecule is Cc1cc([N+](=O)[O-])ccc1C(=O)NCC1(C(=O)O)CCOCC1. The van der Waals surface area contributed by atoms with Gasteiger partial charge in [0.05, 0.1) is 10.3 Å². The van der Waals surface area contributed by atoms with Crippen molar-refractivity contribution in [2.45, 2.75) is 19.8 Å². The number of nitro benzene ring substituents is 1. The highest BCUT2D eigenvalue weighted by Gasteiger charge is 2.40. The fourth-order valence-corrected chi connectivity index (χ4v) is 2.59. The van der Waals surface area contributed by atoms with Crippen LogP contribution in [-0.4, -0.2) is 41.7 Å². The Balaban J connectivity index is 2.09. The summed E-state index contributed by atoms with van der Waals surface area (Å²) in [6.45, 7) is 2.29. The Hall–Kier alpha value is -2.48. The molecule has 2 N–H and O–H groups in total. The first kappa shape index (κ1) is 16.9. The highest BCUT2D eigenvalue weighted by Crippen LogP contribution is 2.30. The predicted molar refractivity (Wildman–Crippen MR) is 80.3 cm³/mol. The van der Waals surface area contributed by atoms with Crippen molar-refractivity contribution in [1.29, 1.82) is 0 Å². The second kappa shape index (κ2) is 6.74. The summed E-state index contributed by atoms with van der Waals surface area (Å²) in [5.74, 6) is -1.40. The van der Waals surface area contributed by atoms with Crippen molar-refractivity contribution in [1.82, 2.24) is 5.32 Å². The number of carboxylic acids is 1. The maximum atomic E-state index is 12.2. The van der Waals surface area contributed by atoms with Crippen molar-refractivity contribution in [2.75, 3.05) is 19.8 Å². The Morgan fingerprint density at radius 1 is 1.39 bits per heavy atom. The summed E-state index contributed by atoms with van der Waals surface area (Å²) in [5, 5.41) is 22.8. The minimum atomic E-state index is -1.03. The standard InChI is InChI=1S/C15H18N2O6/c1-10-8-11(17(21)22)2-3-12(10)13(18)16-9-15(14(19)20)4-6-23-7-5-15/h2-3,8H,4-7,9H2,1H3,(H,16,18)(H,19,20). The third-order valence-electron chi connectivity index (χ3n) is 4.16. The van der Waals surface area contributed by atoms with E-state index in [0.29, 0.717) is 37.2 Å². The minimum Gasteiger partial charge on any atom is -0.481 e. The summed E-state index contributed by atoms with van der Waals surface area (Å²) in [6.07, 6.45) is 0.670. The van der Waals surface area contributed by atoms with Crippen LogP contribution < -0.4 is 5.32 Å². The Labute approximate surface area is 132 Å². The average Bonchev–Trinajstić information content (AvgIpc) is 2.53. The number of carbonyl (C=O) groups excluding carboxylic acids is 1. The van der Waals surface area contributed by atoms with E-state index in [1.165, 1.54) is 18.2 Å². The smallest absolute Gasteiger partial charge is 0.311 e. The van der Waals surface area contributed by atoms with Gasteiger partial charge in [-0.15, -0.1) is 0 Å². The van der Waals surface area contributed by atoms with E-state index in [-0.39, 0.29) is 12.2 Å². The quantitative estimate of drug-likeness (QED) is 0.626. The first-order valence-electron chi connectivity index (χ1n) is 7.20. The molecule has 1 aliphatic heterocycles. The summed E-state index contributed by atoms with van der Waals surface area (Å²) in [5.41, 5.74) is -0.357. The van der Waals surface area contributed by atoms with Gasteiger partial charge in [0.25, 0.3) is 11.6 Å². The summed E-state index contributed by atoms with van der Waals surface area (Å²) in [7, 11) is 0. The fraction of sp³-hybridized carbons (Fsp3) is 0.467. The predicted octanol–water partition coefficient (Wildman–Crippen LogP) is 1.51. The number of carboxylic acid groups (broad SMARTS) is 1. The lowest BCUT2D eigenvalue weighted by molar-refractivity contribution is -0.384. The van der Waals surface area contributed by atoms with Crippen molar-refractivity contribution in [2.24, 2.45) is 5.41 Å². The Morgan fingerprint density at radius 2 is 2.04 bits per heavy atom. The summed E-state index contributed by atoms with van der Waals surface area (Å²) in [6, 6.07) is 3.94. The lowest BCUT2D eigenvalue weighted by atomic mass is 9.80. The van der Waals surface area contributed by atoms with E-state index >= 15 is 0 Å². The number of nitrogens with zero attached hydrogens (tertiary/aromatic N) is 1. The highest BCUT2D eigenvalue weighted by molar-refractivity contribution is 5.96. The molecule has 0 unspecified atom stereocenters. The number of nitro groups is 1. The second-order valence-corrected chi connectivity index (χ2v) is 5.64. The van der Waals surface area contributed by atoms with Gasteiger partial charge < -0.3 is 15.2 Å². The number of nitrogens with one attached hydrogen (secondary N) is 1. The van der Waals surface area contributed by atoms with Gasteiger partial charge in [-0.25, -0.2) is 0 Å². The highest BCUT2D eigenvalue weighted by atomic mass is 16.6. The molecule has 0 bridgehead atoms. The number of carbonyl (C=O) groups is 2. The maximum absolute atomic E-state index is 12.2. The Bertz CT molecular complexity index is 637. The van der Waals surface area contributed by atoms with Gasteiger partial charge in [0.1, 0.15) is 0 Å². The normalized spacial score (nSPS) is 16.6. The zero-order chi connectivity index (χ0) is 17.0. The number of hydrogen-bond acceptors (Lipinski definition) is 5. The molecule has 23 heavy (non-hydrogen) atoms. The van der Waals surface area contributed by atoms with Crippen LogP contribution >= 0.6 is 0 Å². The number of non-ortho nitro benzene ring substituents is 1. The first-order chi connectivity index (χ1) is 10.9. The molecule has 1 saturated heterocycles. The molecule has 0 spiro atoms.